The Labute approximate surface area is 121 Å². The Morgan fingerprint density at radius 2 is 1.40 bits per heavy atom. The second kappa shape index (κ2) is 7.25. The van der Waals surface area contributed by atoms with Crippen molar-refractivity contribution in [2.45, 2.75) is 24.2 Å². The summed E-state index contributed by atoms with van der Waals surface area (Å²) < 4.78 is 24.1. The molecule has 0 aliphatic rings. The van der Waals surface area contributed by atoms with Gasteiger partial charge in [0.15, 0.2) is 9.84 Å². The highest BCUT2D eigenvalue weighted by atomic mass is 32.2. The minimum absolute atomic E-state index is 0.186. The maximum absolute atomic E-state index is 12.0. The van der Waals surface area contributed by atoms with Crippen LogP contribution in [0.4, 0.5) is 0 Å². The van der Waals surface area contributed by atoms with Gasteiger partial charge in [0, 0.05) is 0 Å². The second-order valence-corrected chi connectivity index (χ2v) is 6.84. The van der Waals surface area contributed by atoms with Crippen LogP contribution in [0.1, 0.15) is 18.4 Å². The van der Waals surface area contributed by atoms with Gasteiger partial charge in [0.1, 0.15) is 0 Å². The highest BCUT2D eigenvalue weighted by Gasteiger charge is 2.12. The van der Waals surface area contributed by atoms with Crippen molar-refractivity contribution in [1.82, 2.24) is 0 Å². The summed E-state index contributed by atoms with van der Waals surface area (Å²) in [6.45, 7) is 0. The van der Waals surface area contributed by atoms with Gasteiger partial charge in [-0.25, -0.2) is 8.42 Å². The number of benzene rings is 2. The molecule has 0 spiro atoms. The van der Waals surface area contributed by atoms with Crippen LogP contribution in [-0.2, 0) is 16.3 Å². The molecule has 0 saturated carbocycles. The quantitative estimate of drug-likeness (QED) is 0.728. The lowest BCUT2D eigenvalue weighted by Gasteiger charge is -2.04. The molecule has 20 heavy (non-hydrogen) atoms. The van der Waals surface area contributed by atoms with E-state index in [-0.39, 0.29) is 5.75 Å². The Morgan fingerprint density at radius 1 is 0.800 bits per heavy atom. The lowest BCUT2D eigenvalue weighted by Crippen LogP contribution is -2.06. The van der Waals surface area contributed by atoms with E-state index >= 15 is 0 Å². The molecular formula is C17H19O2S. The number of unbranched alkanes of at least 4 members (excludes halogenated alkanes) is 2. The molecule has 0 aliphatic carbocycles. The van der Waals surface area contributed by atoms with Crippen molar-refractivity contribution in [2.24, 2.45) is 0 Å². The van der Waals surface area contributed by atoms with E-state index in [1.165, 1.54) is 5.56 Å². The topological polar surface area (TPSA) is 34.1 Å². The Balaban J connectivity index is 1.74. The Kier molecular flexibility index (Phi) is 5.36. The van der Waals surface area contributed by atoms with Crippen LogP contribution >= 0.6 is 0 Å². The summed E-state index contributed by atoms with van der Waals surface area (Å²) in [5, 5.41) is 0. The number of hydrogen-bond acceptors (Lipinski definition) is 2. The molecule has 2 aromatic carbocycles. The third-order valence-corrected chi connectivity index (χ3v) is 4.94. The molecule has 105 valence electrons. The zero-order valence-corrected chi connectivity index (χ0v) is 12.2. The van der Waals surface area contributed by atoms with Crippen molar-refractivity contribution in [3.8, 4) is 0 Å². The average molecular weight is 287 g/mol. The van der Waals surface area contributed by atoms with E-state index in [0.717, 1.165) is 12.8 Å². The van der Waals surface area contributed by atoms with Gasteiger partial charge < -0.3 is 0 Å². The van der Waals surface area contributed by atoms with Gasteiger partial charge in [0.2, 0.25) is 0 Å². The number of hydrogen-bond donors (Lipinski definition) is 0. The van der Waals surface area contributed by atoms with Crippen molar-refractivity contribution in [2.75, 3.05) is 5.75 Å². The Bertz CT molecular complexity index is 604. The highest BCUT2D eigenvalue weighted by molar-refractivity contribution is 7.91. The number of aryl methyl sites for hydroxylation is 1. The molecular weight excluding hydrogens is 268 g/mol. The maximum Gasteiger partial charge on any atom is 0.178 e. The Morgan fingerprint density at radius 3 is 2.05 bits per heavy atom. The molecule has 0 bridgehead atoms. The predicted molar refractivity (Wildman–Crippen MR) is 82.2 cm³/mol. The molecule has 2 nitrogen and oxygen atoms in total. The molecule has 3 heteroatoms. The maximum atomic E-state index is 12.0. The van der Waals surface area contributed by atoms with Crippen LogP contribution in [0.5, 0.6) is 0 Å². The second-order valence-electron chi connectivity index (χ2n) is 4.73. The van der Waals surface area contributed by atoms with Crippen molar-refractivity contribution < 1.29 is 8.42 Å². The first-order chi connectivity index (χ1) is 9.68. The highest BCUT2D eigenvalue weighted by Crippen LogP contribution is 2.13. The van der Waals surface area contributed by atoms with Crippen molar-refractivity contribution in [3.05, 3.63) is 72.6 Å². The molecule has 0 unspecified atom stereocenters. The third-order valence-electron chi connectivity index (χ3n) is 3.17. The predicted octanol–water partition coefficient (Wildman–Crippen LogP) is 3.69. The summed E-state index contributed by atoms with van der Waals surface area (Å²) in [6.07, 6.45) is 4.54. The zero-order chi connectivity index (χ0) is 14.3. The zero-order valence-electron chi connectivity index (χ0n) is 11.4. The number of sulfone groups is 1. The van der Waals surface area contributed by atoms with Gasteiger partial charge in [0.05, 0.1) is 10.6 Å². The molecule has 1 radical (unpaired) electrons. The summed E-state index contributed by atoms with van der Waals surface area (Å²) in [5.41, 5.74) is 1.29. The fourth-order valence-electron chi connectivity index (χ4n) is 2.04. The fourth-order valence-corrected chi connectivity index (χ4v) is 3.33. The van der Waals surface area contributed by atoms with Crippen LogP contribution < -0.4 is 0 Å². The molecule has 2 rings (SSSR count). The molecule has 0 fully saturated rings. The number of rotatable bonds is 7. The van der Waals surface area contributed by atoms with E-state index in [4.69, 9.17) is 0 Å². The largest absolute Gasteiger partial charge is 0.224 e. The van der Waals surface area contributed by atoms with Gasteiger partial charge in [-0.3, -0.25) is 0 Å². The molecule has 0 saturated heterocycles. The molecule has 0 N–H and O–H groups in total. The van der Waals surface area contributed by atoms with Gasteiger partial charge >= 0.3 is 0 Å². The third kappa shape index (κ3) is 4.49. The van der Waals surface area contributed by atoms with Crippen LogP contribution in [0, 0.1) is 6.42 Å². The smallest absolute Gasteiger partial charge is 0.178 e. The monoisotopic (exact) mass is 287 g/mol. The minimum Gasteiger partial charge on any atom is -0.224 e. The normalized spacial score (nSPS) is 11.4. The first-order valence-corrected chi connectivity index (χ1v) is 8.47. The van der Waals surface area contributed by atoms with E-state index in [2.05, 4.69) is 18.6 Å². The van der Waals surface area contributed by atoms with Crippen LogP contribution in [-0.4, -0.2) is 14.2 Å². The van der Waals surface area contributed by atoms with Crippen molar-refractivity contribution in [1.29, 1.82) is 0 Å². The summed E-state index contributed by atoms with van der Waals surface area (Å²) >= 11 is 0. The summed E-state index contributed by atoms with van der Waals surface area (Å²) in [6, 6.07) is 18.9. The first-order valence-electron chi connectivity index (χ1n) is 6.82. The molecule has 0 atom stereocenters. The molecule has 2 aromatic rings. The van der Waals surface area contributed by atoms with E-state index in [1.54, 1.807) is 24.3 Å². The van der Waals surface area contributed by atoms with E-state index < -0.39 is 9.84 Å². The van der Waals surface area contributed by atoms with Crippen molar-refractivity contribution >= 4 is 9.84 Å². The standard InChI is InChI=1S/C17H19O2S/c18-20(19,17-13-7-2-8-14-17)15-9-3-6-12-16-10-4-1-5-11-16/h1-5,7-8,10-11,13-14H,6,9,12,15H2. The Hall–Kier alpha value is -1.61. The SMILES string of the molecule is O=S(=O)(CC[CH]CCc1ccccc1)c1ccccc1. The van der Waals surface area contributed by atoms with Crippen molar-refractivity contribution in [3.63, 3.8) is 0 Å². The minimum atomic E-state index is -3.14. The average Bonchev–Trinajstić information content (AvgIpc) is 2.49. The van der Waals surface area contributed by atoms with E-state index in [0.29, 0.717) is 11.3 Å². The first kappa shape index (κ1) is 14.8. The summed E-state index contributed by atoms with van der Waals surface area (Å²) in [4.78, 5) is 0.413. The molecule has 0 amide bonds. The van der Waals surface area contributed by atoms with Gasteiger partial charge in [-0.05, 0) is 43.4 Å². The van der Waals surface area contributed by atoms with E-state index in [9.17, 15) is 8.42 Å². The van der Waals surface area contributed by atoms with Gasteiger partial charge in [0.25, 0.3) is 0 Å². The van der Waals surface area contributed by atoms with E-state index in [1.807, 2.05) is 24.3 Å². The van der Waals surface area contributed by atoms with Crippen LogP contribution in [0.2, 0.25) is 0 Å². The van der Waals surface area contributed by atoms with Gasteiger partial charge in [-0.2, -0.15) is 0 Å². The van der Waals surface area contributed by atoms with Gasteiger partial charge in [-0.15, -0.1) is 0 Å². The van der Waals surface area contributed by atoms with Gasteiger partial charge in [-0.1, -0.05) is 48.5 Å². The molecule has 0 aromatic heterocycles. The summed E-state index contributed by atoms with van der Waals surface area (Å²) in [7, 11) is -3.14. The lowest BCUT2D eigenvalue weighted by molar-refractivity contribution is 0.594. The van der Waals surface area contributed by atoms with Crippen LogP contribution in [0.3, 0.4) is 0 Å². The molecule has 0 heterocycles. The fraction of sp³-hybridized carbons (Fsp3) is 0.235. The van der Waals surface area contributed by atoms with Crippen LogP contribution in [0.25, 0.3) is 0 Å². The van der Waals surface area contributed by atoms with Crippen LogP contribution in [0.15, 0.2) is 65.6 Å². The molecule has 0 aliphatic heterocycles. The summed E-state index contributed by atoms with van der Waals surface area (Å²) in [5.74, 6) is 0.186. The lowest BCUT2D eigenvalue weighted by atomic mass is 10.1.